The third-order valence-electron chi connectivity index (χ3n) is 4.10. The Kier molecular flexibility index (Phi) is 8.04. The molecular formula is C19H18ClF3N2O5S. The average molecular weight is 479 g/mol. The number of esters is 1. The fourth-order valence-corrected chi connectivity index (χ4v) is 3.68. The van der Waals surface area contributed by atoms with Gasteiger partial charge in [-0.15, -0.1) is 0 Å². The van der Waals surface area contributed by atoms with Crippen molar-refractivity contribution < 1.29 is 35.9 Å². The number of alkyl halides is 3. The average Bonchev–Trinajstić information content (AvgIpc) is 2.72. The summed E-state index contributed by atoms with van der Waals surface area (Å²) in [6, 6.07) is 8.52. The molecule has 1 atom stereocenters. The maximum absolute atomic E-state index is 12.8. The van der Waals surface area contributed by atoms with Crippen molar-refractivity contribution in [2.75, 3.05) is 13.7 Å². The number of amides is 1. The van der Waals surface area contributed by atoms with Crippen molar-refractivity contribution in [2.24, 2.45) is 0 Å². The second-order valence-corrected chi connectivity index (χ2v) is 8.51. The lowest BCUT2D eigenvalue weighted by Crippen LogP contribution is -2.39. The van der Waals surface area contributed by atoms with Crippen molar-refractivity contribution in [3.05, 3.63) is 64.7 Å². The summed E-state index contributed by atoms with van der Waals surface area (Å²) in [7, 11) is -3.22. The summed E-state index contributed by atoms with van der Waals surface area (Å²) in [4.78, 5) is 23.3. The molecule has 1 amide bonds. The Bertz CT molecular complexity index is 1040. The minimum Gasteiger partial charge on any atom is -0.469 e. The number of sulfonamides is 1. The number of methoxy groups -OCH3 is 1. The molecule has 7 nitrogen and oxygen atoms in total. The van der Waals surface area contributed by atoms with Crippen LogP contribution in [0.4, 0.5) is 13.2 Å². The van der Waals surface area contributed by atoms with E-state index >= 15 is 0 Å². The number of hydrogen-bond acceptors (Lipinski definition) is 5. The van der Waals surface area contributed by atoms with Crippen LogP contribution in [0.2, 0.25) is 5.02 Å². The highest BCUT2D eigenvalue weighted by Gasteiger charge is 2.31. The molecule has 0 heterocycles. The van der Waals surface area contributed by atoms with E-state index in [0.29, 0.717) is 16.7 Å². The monoisotopic (exact) mass is 478 g/mol. The predicted molar refractivity (Wildman–Crippen MR) is 106 cm³/mol. The lowest BCUT2D eigenvalue weighted by molar-refractivity contribution is -0.141. The van der Waals surface area contributed by atoms with Gasteiger partial charge < -0.3 is 10.1 Å². The van der Waals surface area contributed by atoms with Crippen molar-refractivity contribution in [2.45, 2.75) is 23.5 Å². The molecule has 0 aromatic heterocycles. The molecule has 2 rings (SSSR count). The lowest BCUT2D eigenvalue weighted by Gasteiger charge is -2.18. The third-order valence-corrected chi connectivity index (χ3v) is 5.75. The Morgan fingerprint density at radius 3 is 2.35 bits per heavy atom. The minimum atomic E-state index is -4.72. The molecule has 168 valence electrons. The molecule has 0 radical (unpaired) electrons. The molecule has 31 heavy (non-hydrogen) atoms. The molecule has 0 fully saturated rings. The first-order valence-electron chi connectivity index (χ1n) is 8.71. The van der Waals surface area contributed by atoms with E-state index in [1.54, 1.807) is 24.3 Å². The first kappa shape index (κ1) is 24.6. The van der Waals surface area contributed by atoms with Gasteiger partial charge in [0.25, 0.3) is 0 Å². The Morgan fingerprint density at radius 2 is 1.77 bits per heavy atom. The van der Waals surface area contributed by atoms with E-state index in [0.717, 1.165) is 18.2 Å². The van der Waals surface area contributed by atoms with Crippen LogP contribution in [-0.4, -0.2) is 33.9 Å². The molecular weight excluding hydrogens is 461 g/mol. The molecule has 0 aliphatic heterocycles. The first-order valence-corrected chi connectivity index (χ1v) is 10.6. The summed E-state index contributed by atoms with van der Waals surface area (Å²) < 4.78 is 69.5. The van der Waals surface area contributed by atoms with Crippen molar-refractivity contribution >= 4 is 33.5 Å². The number of carbonyl (C=O) groups excluding carboxylic acids is 2. The number of rotatable bonds is 8. The van der Waals surface area contributed by atoms with E-state index in [9.17, 15) is 31.2 Å². The number of nitrogens with one attached hydrogen (secondary N) is 2. The van der Waals surface area contributed by atoms with Gasteiger partial charge in [0.1, 0.15) is 0 Å². The predicted octanol–water partition coefficient (Wildman–Crippen LogP) is 3.06. The van der Waals surface area contributed by atoms with Crippen LogP contribution >= 0.6 is 11.6 Å². The van der Waals surface area contributed by atoms with Crippen molar-refractivity contribution in [1.82, 2.24) is 10.0 Å². The van der Waals surface area contributed by atoms with Gasteiger partial charge in [-0.1, -0.05) is 29.8 Å². The molecule has 1 unspecified atom stereocenters. The number of carbonyl (C=O) groups is 2. The SMILES string of the molecule is COC(=O)CC(NC(=O)CNS(=O)(=O)c1cccc(C(F)(F)F)c1)c1ccc(Cl)cc1. The number of ether oxygens (including phenoxy) is 1. The normalized spacial score (nSPS) is 12.8. The molecule has 0 aliphatic carbocycles. The Labute approximate surface area is 181 Å². The van der Waals surface area contributed by atoms with E-state index in [-0.39, 0.29) is 6.42 Å². The van der Waals surface area contributed by atoms with E-state index in [2.05, 4.69) is 10.1 Å². The fraction of sp³-hybridized carbons (Fsp3) is 0.263. The zero-order valence-electron chi connectivity index (χ0n) is 16.1. The van der Waals surface area contributed by atoms with Crippen LogP contribution in [0, 0.1) is 0 Å². The summed E-state index contributed by atoms with van der Waals surface area (Å²) in [6.07, 6.45) is -4.95. The number of hydrogen-bond donors (Lipinski definition) is 2. The fourth-order valence-electron chi connectivity index (χ4n) is 2.53. The maximum atomic E-state index is 12.8. The molecule has 0 saturated heterocycles. The maximum Gasteiger partial charge on any atom is 0.416 e. The second-order valence-electron chi connectivity index (χ2n) is 6.30. The highest BCUT2D eigenvalue weighted by atomic mass is 35.5. The smallest absolute Gasteiger partial charge is 0.416 e. The number of halogens is 4. The van der Waals surface area contributed by atoms with Crippen LogP contribution in [0.1, 0.15) is 23.6 Å². The summed E-state index contributed by atoms with van der Waals surface area (Å²) in [5.41, 5.74) is -0.621. The van der Waals surface area contributed by atoms with Gasteiger partial charge in [0.2, 0.25) is 15.9 Å². The Balaban J connectivity index is 2.10. The quantitative estimate of drug-likeness (QED) is 0.568. The van der Waals surface area contributed by atoms with E-state index in [4.69, 9.17) is 11.6 Å². The molecule has 0 bridgehead atoms. The van der Waals surface area contributed by atoms with Crippen molar-refractivity contribution in [3.8, 4) is 0 Å². The largest absolute Gasteiger partial charge is 0.469 e. The Morgan fingerprint density at radius 1 is 1.13 bits per heavy atom. The summed E-state index contributed by atoms with van der Waals surface area (Å²) in [6.45, 7) is -0.760. The lowest BCUT2D eigenvalue weighted by atomic mass is 10.0. The van der Waals surface area contributed by atoms with Crippen LogP contribution in [0.15, 0.2) is 53.4 Å². The standard InChI is InChI=1S/C19H18ClF3N2O5S/c1-30-18(27)10-16(12-5-7-14(20)8-6-12)25-17(26)11-24-31(28,29)15-4-2-3-13(9-15)19(21,22)23/h2-9,16,24H,10-11H2,1H3,(H,25,26). The van der Waals surface area contributed by atoms with Gasteiger partial charge in [-0.25, -0.2) is 13.1 Å². The summed E-state index contributed by atoms with van der Waals surface area (Å²) in [5, 5.41) is 2.92. The van der Waals surface area contributed by atoms with Gasteiger partial charge in [0.15, 0.2) is 0 Å². The van der Waals surface area contributed by atoms with Crippen LogP contribution < -0.4 is 10.0 Å². The topological polar surface area (TPSA) is 102 Å². The second kappa shape index (κ2) is 10.1. The van der Waals surface area contributed by atoms with E-state index in [1.807, 2.05) is 4.72 Å². The molecule has 0 aliphatic rings. The molecule has 2 N–H and O–H groups in total. The summed E-state index contributed by atoms with van der Waals surface area (Å²) in [5.74, 6) is -1.43. The zero-order chi connectivity index (χ0) is 23.2. The van der Waals surface area contributed by atoms with Crippen LogP contribution in [0.25, 0.3) is 0 Å². The van der Waals surface area contributed by atoms with E-state index in [1.165, 1.54) is 7.11 Å². The molecule has 2 aromatic carbocycles. The minimum absolute atomic E-state index is 0.232. The van der Waals surface area contributed by atoms with E-state index < -0.39 is 51.1 Å². The first-order chi connectivity index (χ1) is 14.4. The molecule has 0 spiro atoms. The van der Waals surface area contributed by atoms with Gasteiger partial charge in [-0.3, -0.25) is 9.59 Å². The van der Waals surface area contributed by atoms with Crippen LogP contribution in [-0.2, 0) is 30.5 Å². The third kappa shape index (κ3) is 7.23. The zero-order valence-corrected chi connectivity index (χ0v) is 17.6. The van der Waals surface area contributed by atoms with Gasteiger partial charge in [-0.05, 0) is 35.9 Å². The van der Waals surface area contributed by atoms with Gasteiger partial charge in [0.05, 0.1) is 36.6 Å². The van der Waals surface area contributed by atoms with Gasteiger partial charge in [-0.2, -0.15) is 13.2 Å². The molecule has 0 saturated carbocycles. The highest BCUT2D eigenvalue weighted by Crippen LogP contribution is 2.30. The number of benzene rings is 2. The highest BCUT2D eigenvalue weighted by molar-refractivity contribution is 7.89. The molecule has 12 heteroatoms. The van der Waals surface area contributed by atoms with Crippen LogP contribution in [0.3, 0.4) is 0 Å². The molecule has 2 aromatic rings. The summed E-state index contributed by atoms with van der Waals surface area (Å²) >= 11 is 5.83. The van der Waals surface area contributed by atoms with Crippen molar-refractivity contribution in [1.29, 1.82) is 0 Å². The van der Waals surface area contributed by atoms with Crippen molar-refractivity contribution in [3.63, 3.8) is 0 Å². The van der Waals surface area contributed by atoms with Gasteiger partial charge in [0, 0.05) is 5.02 Å². The van der Waals surface area contributed by atoms with Crippen LogP contribution in [0.5, 0.6) is 0 Å². The van der Waals surface area contributed by atoms with Gasteiger partial charge >= 0.3 is 12.1 Å². The Hall–Kier alpha value is -2.63.